The highest BCUT2D eigenvalue weighted by Gasteiger charge is 2.13. The first-order valence-electron chi connectivity index (χ1n) is 4.07. The number of pyridine rings is 1. The maximum Gasteiger partial charge on any atom is 0.130 e. The summed E-state index contributed by atoms with van der Waals surface area (Å²) in [7, 11) is 0. The Labute approximate surface area is 71.6 Å². The molecule has 1 unspecified atom stereocenters. The number of amidine groups is 1. The van der Waals surface area contributed by atoms with Crippen molar-refractivity contribution < 1.29 is 0 Å². The fourth-order valence-electron chi connectivity index (χ4n) is 1.23. The molecule has 0 aliphatic carbocycles. The largest absolute Gasteiger partial charge is 0.366 e. The predicted octanol–water partition coefficient (Wildman–Crippen LogP) is 0.820. The van der Waals surface area contributed by atoms with E-state index < -0.39 is 0 Å². The topological polar surface area (TPSA) is 37.3 Å². The van der Waals surface area contributed by atoms with Crippen LogP contribution in [-0.2, 0) is 0 Å². The third kappa shape index (κ3) is 1.30. The molecule has 0 fully saturated rings. The van der Waals surface area contributed by atoms with Gasteiger partial charge in [0.1, 0.15) is 5.84 Å². The Kier molecular flexibility index (Phi) is 1.78. The van der Waals surface area contributed by atoms with Crippen LogP contribution < -0.4 is 5.32 Å². The van der Waals surface area contributed by atoms with Crippen molar-refractivity contribution in [1.82, 2.24) is 10.3 Å². The van der Waals surface area contributed by atoms with Gasteiger partial charge in [0.05, 0.1) is 6.54 Å². The Balaban J connectivity index is 2.22. The lowest BCUT2D eigenvalue weighted by molar-refractivity contribution is 0.726. The van der Waals surface area contributed by atoms with Gasteiger partial charge in [-0.15, -0.1) is 0 Å². The quantitative estimate of drug-likeness (QED) is 0.662. The van der Waals surface area contributed by atoms with E-state index >= 15 is 0 Å². The zero-order valence-corrected chi connectivity index (χ0v) is 6.99. The second kappa shape index (κ2) is 2.93. The fourth-order valence-corrected chi connectivity index (χ4v) is 1.23. The molecule has 2 rings (SSSR count). The van der Waals surface area contributed by atoms with E-state index in [9.17, 15) is 0 Å². The van der Waals surface area contributed by atoms with Gasteiger partial charge >= 0.3 is 0 Å². The molecule has 12 heavy (non-hydrogen) atoms. The summed E-state index contributed by atoms with van der Waals surface area (Å²) in [6.45, 7) is 2.98. The summed E-state index contributed by atoms with van der Waals surface area (Å²) < 4.78 is 0. The molecule has 0 amide bonds. The van der Waals surface area contributed by atoms with Crippen molar-refractivity contribution in [2.24, 2.45) is 4.99 Å². The molecule has 0 saturated heterocycles. The van der Waals surface area contributed by atoms with Crippen molar-refractivity contribution in [1.29, 1.82) is 0 Å². The lowest BCUT2D eigenvalue weighted by Crippen LogP contribution is -2.27. The first-order valence-corrected chi connectivity index (χ1v) is 4.07. The Morgan fingerprint density at radius 3 is 3.08 bits per heavy atom. The summed E-state index contributed by atoms with van der Waals surface area (Å²) in [6.07, 6.45) is 3.59. The Hall–Kier alpha value is -1.38. The van der Waals surface area contributed by atoms with Crippen molar-refractivity contribution in [3.8, 4) is 0 Å². The SMILES string of the molecule is CC1CN=C(c2cccnc2)N1. The number of nitrogens with one attached hydrogen (secondary N) is 1. The Morgan fingerprint density at radius 2 is 2.50 bits per heavy atom. The molecule has 1 aliphatic rings. The molecular formula is C9H11N3. The first kappa shape index (κ1) is 7.28. The minimum atomic E-state index is 0.459. The highest BCUT2D eigenvalue weighted by atomic mass is 15.1. The highest BCUT2D eigenvalue weighted by molar-refractivity contribution is 5.99. The zero-order valence-electron chi connectivity index (χ0n) is 6.99. The van der Waals surface area contributed by atoms with E-state index in [2.05, 4.69) is 22.2 Å². The van der Waals surface area contributed by atoms with Gasteiger partial charge in [0.2, 0.25) is 0 Å². The standard InChI is InChI=1S/C9H11N3/c1-7-5-11-9(12-7)8-3-2-4-10-6-8/h2-4,6-7H,5H2,1H3,(H,11,12). The molecule has 62 valence electrons. The smallest absolute Gasteiger partial charge is 0.130 e. The predicted molar refractivity (Wildman–Crippen MR) is 48.2 cm³/mol. The summed E-state index contributed by atoms with van der Waals surface area (Å²) in [5.74, 6) is 0.968. The van der Waals surface area contributed by atoms with E-state index in [-0.39, 0.29) is 0 Å². The lowest BCUT2D eigenvalue weighted by Gasteiger charge is -2.04. The van der Waals surface area contributed by atoms with E-state index in [0.717, 1.165) is 17.9 Å². The normalized spacial score (nSPS) is 21.8. The molecule has 1 aromatic rings. The van der Waals surface area contributed by atoms with Gasteiger partial charge in [0.15, 0.2) is 0 Å². The van der Waals surface area contributed by atoms with Gasteiger partial charge in [-0.1, -0.05) is 0 Å². The maximum atomic E-state index is 4.35. The van der Waals surface area contributed by atoms with Crippen LogP contribution in [-0.4, -0.2) is 23.4 Å². The number of nitrogens with zero attached hydrogens (tertiary/aromatic N) is 2. The van der Waals surface area contributed by atoms with E-state index in [0.29, 0.717) is 6.04 Å². The van der Waals surface area contributed by atoms with Crippen molar-refractivity contribution in [2.75, 3.05) is 6.54 Å². The van der Waals surface area contributed by atoms with Crippen LogP contribution in [0.3, 0.4) is 0 Å². The molecular weight excluding hydrogens is 150 g/mol. The highest BCUT2D eigenvalue weighted by Crippen LogP contribution is 2.03. The average Bonchev–Trinajstić information content (AvgIpc) is 2.54. The third-order valence-corrected chi connectivity index (χ3v) is 1.84. The molecule has 2 heterocycles. The molecule has 1 aliphatic heterocycles. The molecule has 0 spiro atoms. The van der Waals surface area contributed by atoms with Gasteiger partial charge in [-0.3, -0.25) is 9.98 Å². The molecule has 1 atom stereocenters. The van der Waals surface area contributed by atoms with Crippen LogP contribution in [0.4, 0.5) is 0 Å². The van der Waals surface area contributed by atoms with Crippen LogP contribution in [0.1, 0.15) is 12.5 Å². The Bertz CT molecular complexity index is 292. The number of rotatable bonds is 1. The second-order valence-electron chi connectivity index (χ2n) is 2.98. The summed E-state index contributed by atoms with van der Waals surface area (Å²) in [4.78, 5) is 8.39. The third-order valence-electron chi connectivity index (χ3n) is 1.84. The van der Waals surface area contributed by atoms with Gasteiger partial charge in [0.25, 0.3) is 0 Å². The summed E-state index contributed by atoms with van der Waals surface area (Å²) >= 11 is 0. The van der Waals surface area contributed by atoms with Crippen LogP contribution in [0.25, 0.3) is 0 Å². The number of aromatic nitrogens is 1. The fraction of sp³-hybridized carbons (Fsp3) is 0.333. The maximum absolute atomic E-state index is 4.35. The van der Waals surface area contributed by atoms with Crippen LogP contribution >= 0.6 is 0 Å². The average molecular weight is 161 g/mol. The summed E-state index contributed by atoms with van der Waals surface area (Å²) in [6, 6.07) is 4.39. The minimum absolute atomic E-state index is 0.459. The molecule has 0 bridgehead atoms. The first-order chi connectivity index (χ1) is 5.86. The van der Waals surface area contributed by atoms with Crippen LogP contribution in [0.15, 0.2) is 29.5 Å². The number of hydrogen-bond donors (Lipinski definition) is 1. The summed E-state index contributed by atoms with van der Waals surface area (Å²) in [5.41, 5.74) is 1.07. The van der Waals surface area contributed by atoms with Gasteiger partial charge in [-0.2, -0.15) is 0 Å². The van der Waals surface area contributed by atoms with Gasteiger partial charge in [0, 0.05) is 24.0 Å². The molecule has 3 heteroatoms. The number of hydrogen-bond acceptors (Lipinski definition) is 3. The minimum Gasteiger partial charge on any atom is -0.366 e. The van der Waals surface area contributed by atoms with Crippen molar-refractivity contribution in [2.45, 2.75) is 13.0 Å². The van der Waals surface area contributed by atoms with E-state index in [4.69, 9.17) is 0 Å². The molecule has 0 radical (unpaired) electrons. The zero-order chi connectivity index (χ0) is 8.39. The monoisotopic (exact) mass is 161 g/mol. The number of aliphatic imine (C=N–C) groups is 1. The molecule has 3 nitrogen and oxygen atoms in total. The molecule has 1 N–H and O–H groups in total. The van der Waals surface area contributed by atoms with Crippen molar-refractivity contribution >= 4 is 5.84 Å². The van der Waals surface area contributed by atoms with Gasteiger partial charge in [-0.25, -0.2) is 0 Å². The van der Waals surface area contributed by atoms with Gasteiger partial charge in [-0.05, 0) is 19.1 Å². The van der Waals surface area contributed by atoms with Crippen molar-refractivity contribution in [3.05, 3.63) is 30.1 Å². The molecule has 1 aromatic heterocycles. The Morgan fingerprint density at radius 1 is 1.58 bits per heavy atom. The summed E-state index contributed by atoms with van der Waals surface area (Å²) in [5, 5.41) is 3.28. The molecule has 0 aromatic carbocycles. The van der Waals surface area contributed by atoms with Crippen LogP contribution in [0.5, 0.6) is 0 Å². The van der Waals surface area contributed by atoms with E-state index in [1.165, 1.54) is 0 Å². The van der Waals surface area contributed by atoms with E-state index in [1.807, 2.05) is 18.3 Å². The van der Waals surface area contributed by atoms with Crippen LogP contribution in [0.2, 0.25) is 0 Å². The van der Waals surface area contributed by atoms with Gasteiger partial charge < -0.3 is 5.32 Å². The van der Waals surface area contributed by atoms with Crippen molar-refractivity contribution in [3.63, 3.8) is 0 Å². The lowest BCUT2D eigenvalue weighted by atomic mass is 10.2. The second-order valence-corrected chi connectivity index (χ2v) is 2.98. The molecule has 0 saturated carbocycles. The van der Waals surface area contributed by atoms with Crippen LogP contribution in [0, 0.1) is 0 Å². The van der Waals surface area contributed by atoms with E-state index in [1.54, 1.807) is 6.20 Å².